The lowest BCUT2D eigenvalue weighted by atomic mass is 9.94. The van der Waals surface area contributed by atoms with Crippen LogP contribution in [0.15, 0.2) is 12.1 Å². The Labute approximate surface area is 106 Å². The smallest absolute Gasteiger partial charge is 0.274 e. The zero-order valence-corrected chi connectivity index (χ0v) is 10.6. The average Bonchev–Trinajstić information content (AvgIpc) is 2.38. The summed E-state index contributed by atoms with van der Waals surface area (Å²) in [5.74, 6) is 0.230. The van der Waals surface area contributed by atoms with Gasteiger partial charge in [-0.3, -0.25) is 4.79 Å². The van der Waals surface area contributed by atoms with E-state index < -0.39 is 5.60 Å². The zero-order chi connectivity index (χ0) is 13.2. The van der Waals surface area contributed by atoms with Crippen LogP contribution in [0.1, 0.15) is 30.3 Å². The standard InChI is InChI=1S/C12H17N3O3/c1-12(17)5-7-15(8-6-12)11(16)9-3-4-10(18-2)14-13-9/h3-4,17H,5-8H2,1-2H3. The molecule has 2 rings (SSSR count). The number of ether oxygens (including phenoxy) is 1. The number of piperidine rings is 1. The zero-order valence-electron chi connectivity index (χ0n) is 10.6. The van der Waals surface area contributed by atoms with Crippen molar-refractivity contribution in [1.29, 1.82) is 0 Å². The van der Waals surface area contributed by atoms with E-state index in [-0.39, 0.29) is 5.91 Å². The predicted molar refractivity (Wildman–Crippen MR) is 64.3 cm³/mol. The molecule has 0 radical (unpaired) electrons. The van der Waals surface area contributed by atoms with Gasteiger partial charge in [-0.1, -0.05) is 0 Å². The Morgan fingerprint density at radius 2 is 2.06 bits per heavy atom. The van der Waals surface area contributed by atoms with Crippen LogP contribution in [0.2, 0.25) is 0 Å². The fourth-order valence-electron chi connectivity index (χ4n) is 1.90. The van der Waals surface area contributed by atoms with E-state index in [1.807, 2.05) is 0 Å². The largest absolute Gasteiger partial charge is 0.480 e. The SMILES string of the molecule is COc1ccc(C(=O)N2CCC(C)(O)CC2)nn1. The highest BCUT2D eigenvalue weighted by molar-refractivity contribution is 5.92. The third kappa shape index (κ3) is 2.76. The summed E-state index contributed by atoms with van der Waals surface area (Å²) in [7, 11) is 1.50. The summed E-state index contributed by atoms with van der Waals surface area (Å²) in [5.41, 5.74) is -0.361. The first-order valence-corrected chi connectivity index (χ1v) is 5.91. The van der Waals surface area contributed by atoms with E-state index in [1.165, 1.54) is 7.11 Å². The van der Waals surface area contributed by atoms with Crippen molar-refractivity contribution >= 4 is 5.91 Å². The minimum absolute atomic E-state index is 0.152. The Hall–Kier alpha value is -1.69. The van der Waals surface area contributed by atoms with Crippen molar-refractivity contribution in [2.24, 2.45) is 0 Å². The molecular weight excluding hydrogens is 234 g/mol. The Balaban J connectivity index is 2.03. The molecule has 1 aliphatic heterocycles. The molecule has 18 heavy (non-hydrogen) atoms. The van der Waals surface area contributed by atoms with E-state index in [4.69, 9.17) is 4.74 Å². The Morgan fingerprint density at radius 1 is 1.39 bits per heavy atom. The summed E-state index contributed by atoms with van der Waals surface area (Å²) in [6, 6.07) is 3.21. The monoisotopic (exact) mass is 251 g/mol. The molecule has 2 heterocycles. The highest BCUT2D eigenvalue weighted by Crippen LogP contribution is 2.22. The van der Waals surface area contributed by atoms with E-state index in [0.717, 1.165) is 0 Å². The maximum absolute atomic E-state index is 12.1. The molecular formula is C12H17N3O3. The van der Waals surface area contributed by atoms with Crippen LogP contribution in [0, 0.1) is 0 Å². The number of carbonyl (C=O) groups is 1. The van der Waals surface area contributed by atoms with Crippen molar-refractivity contribution in [2.75, 3.05) is 20.2 Å². The van der Waals surface area contributed by atoms with Crippen molar-refractivity contribution in [1.82, 2.24) is 15.1 Å². The first kappa shape index (κ1) is 12.8. The van der Waals surface area contributed by atoms with Crippen LogP contribution in [0.5, 0.6) is 5.88 Å². The lowest BCUT2D eigenvalue weighted by molar-refractivity contribution is -0.00222. The molecule has 0 aliphatic carbocycles. The van der Waals surface area contributed by atoms with Crippen molar-refractivity contribution in [3.05, 3.63) is 17.8 Å². The molecule has 0 saturated carbocycles. The number of amides is 1. The van der Waals surface area contributed by atoms with Crippen molar-refractivity contribution in [3.8, 4) is 5.88 Å². The van der Waals surface area contributed by atoms with Crippen molar-refractivity contribution in [2.45, 2.75) is 25.4 Å². The lowest BCUT2D eigenvalue weighted by Crippen LogP contribution is -2.45. The number of hydrogen-bond acceptors (Lipinski definition) is 5. The molecule has 0 unspecified atom stereocenters. The van der Waals surface area contributed by atoms with Gasteiger partial charge in [-0.15, -0.1) is 10.2 Å². The molecule has 98 valence electrons. The van der Waals surface area contributed by atoms with Gasteiger partial charge in [0, 0.05) is 19.2 Å². The maximum atomic E-state index is 12.1. The summed E-state index contributed by atoms with van der Waals surface area (Å²) in [5, 5.41) is 17.4. The molecule has 1 saturated heterocycles. The van der Waals surface area contributed by atoms with E-state index >= 15 is 0 Å². The summed E-state index contributed by atoms with van der Waals surface area (Å²) in [6.07, 6.45) is 1.17. The maximum Gasteiger partial charge on any atom is 0.274 e. The summed E-state index contributed by atoms with van der Waals surface area (Å²) in [6.45, 7) is 2.88. The fraction of sp³-hybridized carbons (Fsp3) is 0.583. The van der Waals surface area contributed by atoms with Gasteiger partial charge in [0.05, 0.1) is 12.7 Å². The number of hydrogen-bond donors (Lipinski definition) is 1. The Kier molecular flexibility index (Phi) is 3.47. The molecule has 1 N–H and O–H groups in total. The lowest BCUT2D eigenvalue weighted by Gasteiger charge is -2.35. The van der Waals surface area contributed by atoms with Gasteiger partial charge in [0.15, 0.2) is 5.69 Å². The number of rotatable bonds is 2. The van der Waals surface area contributed by atoms with Crippen molar-refractivity contribution < 1.29 is 14.6 Å². The number of nitrogens with zero attached hydrogens (tertiary/aromatic N) is 3. The Bertz CT molecular complexity index is 421. The average molecular weight is 251 g/mol. The quantitative estimate of drug-likeness (QED) is 0.827. The second kappa shape index (κ2) is 4.89. The molecule has 1 fully saturated rings. The Morgan fingerprint density at radius 3 is 2.56 bits per heavy atom. The fourth-order valence-corrected chi connectivity index (χ4v) is 1.90. The van der Waals surface area contributed by atoms with Gasteiger partial charge in [0.1, 0.15) is 0 Å². The van der Waals surface area contributed by atoms with Gasteiger partial charge in [-0.05, 0) is 25.8 Å². The molecule has 0 aromatic carbocycles. The molecule has 6 heteroatoms. The molecule has 1 amide bonds. The highest BCUT2D eigenvalue weighted by Gasteiger charge is 2.30. The number of methoxy groups -OCH3 is 1. The third-order valence-corrected chi connectivity index (χ3v) is 3.20. The molecule has 1 aromatic rings. The van der Waals surface area contributed by atoms with E-state index in [1.54, 1.807) is 24.0 Å². The van der Waals surface area contributed by atoms with Gasteiger partial charge in [0.2, 0.25) is 5.88 Å². The summed E-state index contributed by atoms with van der Waals surface area (Å²) >= 11 is 0. The highest BCUT2D eigenvalue weighted by atomic mass is 16.5. The normalized spacial score (nSPS) is 18.5. The van der Waals surface area contributed by atoms with E-state index in [0.29, 0.717) is 37.5 Å². The molecule has 0 bridgehead atoms. The van der Waals surface area contributed by atoms with Crippen LogP contribution in [0.25, 0.3) is 0 Å². The molecule has 1 aliphatic rings. The number of aliphatic hydroxyl groups is 1. The van der Waals surface area contributed by atoms with Crippen LogP contribution in [0.4, 0.5) is 0 Å². The molecule has 0 atom stereocenters. The first-order valence-electron chi connectivity index (χ1n) is 5.91. The van der Waals surface area contributed by atoms with Crippen LogP contribution < -0.4 is 4.74 Å². The van der Waals surface area contributed by atoms with Gasteiger partial charge in [-0.2, -0.15) is 0 Å². The summed E-state index contributed by atoms with van der Waals surface area (Å²) in [4.78, 5) is 13.8. The van der Waals surface area contributed by atoms with E-state index in [9.17, 15) is 9.90 Å². The van der Waals surface area contributed by atoms with Gasteiger partial charge in [-0.25, -0.2) is 0 Å². The topological polar surface area (TPSA) is 75.5 Å². The first-order chi connectivity index (χ1) is 8.52. The van der Waals surface area contributed by atoms with Crippen LogP contribution in [-0.2, 0) is 0 Å². The van der Waals surface area contributed by atoms with E-state index in [2.05, 4.69) is 10.2 Å². The second-order valence-electron chi connectivity index (χ2n) is 4.75. The predicted octanol–water partition coefficient (Wildman–Crippen LogP) is 0.472. The number of carbonyl (C=O) groups excluding carboxylic acids is 1. The number of likely N-dealkylation sites (tertiary alicyclic amines) is 1. The molecule has 0 spiro atoms. The summed E-state index contributed by atoms with van der Waals surface area (Å²) < 4.78 is 4.89. The second-order valence-corrected chi connectivity index (χ2v) is 4.75. The van der Waals surface area contributed by atoms with Crippen LogP contribution in [-0.4, -0.2) is 51.9 Å². The molecule has 1 aromatic heterocycles. The third-order valence-electron chi connectivity index (χ3n) is 3.20. The molecule has 6 nitrogen and oxygen atoms in total. The van der Waals surface area contributed by atoms with Gasteiger partial charge < -0.3 is 14.7 Å². The van der Waals surface area contributed by atoms with Crippen LogP contribution >= 0.6 is 0 Å². The minimum Gasteiger partial charge on any atom is -0.480 e. The van der Waals surface area contributed by atoms with Crippen molar-refractivity contribution in [3.63, 3.8) is 0 Å². The minimum atomic E-state index is -0.664. The van der Waals surface area contributed by atoms with Crippen LogP contribution in [0.3, 0.4) is 0 Å². The van der Waals surface area contributed by atoms with Gasteiger partial charge in [0.25, 0.3) is 5.91 Å². The van der Waals surface area contributed by atoms with Gasteiger partial charge >= 0.3 is 0 Å². The number of aromatic nitrogens is 2.